The second kappa shape index (κ2) is 10.4. The summed E-state index contributed by atoms with van der Waals surface area (Å²) in [6.07, 6.45) is 4.36. The first-order valence-electron chi connectivity index (χ1n) is 11.7. The van der Waals surface area contributed by atoms with Crippen LogP contribution in [0.15, 0.2) is 71.9 Å². The topological polar surface area (TPSA) is 102 Å². The van der Waals surface area contributed by atoms with Crippen molar-refractivity contribution in [3.8, 4) is 11.5 Å². The van der Waals surface area contributed by atoms with Crippen LogP contribution in [-0.4, -0.2) is 55.4 Å². The molecule has 0 N–H and O–H groups in total. The minimum atomic E-state index is -3.90. The molecule has 1 unspecified atom stereocenters. The second-order valence-corrected chi connectivity index (χ2v) is 11.4. The third-order valence-electron chi connectivity index (χ3n) is 6.31. The Morgan fingerprint density at radius 2 is 1.92 bits per heavy atom. The van der Waals surface area contributed by atoms with Gasteiger partial charge in [0.05, 0.1) is 30.4 Å². The highest BCUT2D eigenvalue weighted by atomic mass is 32.2. The minimum Gasteiger partial charge on any atom is -0.497 e. The molecule has 11 heteroatoms. The van der Waals surface area contributed by atoms with E-state index in [2.05, 4.69) is 4.98 Å². The molecule has 0 aliphatic carbocycles. The van der Waals surface area contributed by atoms with Gasteiger partial charge >= 0.3 is 0 Å². The zero-order valence-corrected chi connectivity index (χ0v) is 22.0. The summed E-state index contributed by atoms with van der Waals surface area (Å²) in [5.74, 6) is 0.844. The van der Waals surface area contributed by atoms with Crippen LogP contribution in [-0.2, 0) is 21.4 Å². The lowest BCUT2D eigenvalue weighted by atomic mass is 10.2. The van der Waals surface area contributed by atoms with E-state index < -0.39 is 16.1 Å². The number of sulfonamides is 1. The molecule has 5 rings (SSSR count). The molecule has 1 fully saturated rings. The van der Waals surface area contributed by atoms with E-state index in [1.165, 1.54) is 34.9 Å². The smallest absolute Gasteiger partial charge is 0.247 e. The number of anilines is 1. The number of benzene rings is 2. The molecule has 2 aromatic heterocycles. The van der Waals surface area contributed by atoms with Gasteiger partial charge in [-0.25, -0.2) is 13.4 Å². The van der Waals surface area contributed by atoms with E-state index in [0.717, 1.165) is 10.3 Å². The molecule has 4 aromatic rings. The number of carbonyl (C=O) groups is 1. The van der Waals surface area contributed by atoms with E-state index in [1.807, 2.05) is 24.3 Å². The largest absolute Gasteiger partial charge is 0.497 e. The van der Waals surface area contributed by atoms with Crippen molar-refractivity contribution in [2.75, 3.05) is 25.7 Å². The maximum Gasteiger partial charge on any atom is 0.247 e. The molecule has 1 saturated heterocycles. The number of hydrogen-bond donors (Lipinski definition) is 0. The van der Waals surface area contributed by atoms with E-state index in [4.69, 9.17) is 14.5 Å². The van der Waals surface area contributed by atoms with Crippen LogP contribution in [0, 0.1) is 0 Å². The Labute approximate surface area is 219 Å². The van der Waals surface area contributed by atoms with Crippen LogP contribution in [0.4, 0.5) is 5.13 Å². The fraction of sp³-hybridized carbons (Fsp3) is 0.269. The molecule has 9 nitrogen and oxygen atoms in total. The second-order valence-electron chi connectivity index (χ2n) is 8.54. The molecule has 3 heterocycles. The van der Waals surface area contributed by atoms with Crippen LogP contribution < -0.4 is 14.4 Å². The van der Waals surface area contributed by atoms with Gasteiger partial charge in [0.1, 0.15) is 23.1 Å². The van der Waals surface area contributed by atoms with E-state index in [9.17, 15) is 13.2 Å². The number of thiazole rings is 1. The maximum absolute atomic E-state index is 14.1. The number of nitrogens with zero attached hydrogens (tertiary/aromatic N) is 4. The molecule has 37 heavy (non-hydrogen) atoms. The standard InChI is InChI=1S/C26H26N4O5S2/c1-34-19-10-12-20(13-11-19)37(32,33)30-15-5-7-21(30)25(31)29(17-18-6-4-14-27-16-18)26-28-24-22(35-2)8-3-9-23(24)36-26/h3-4,6,8-14,16,21H,5,7,15,17H2,1-2H3. The molecular formula is C26H26N4O5S2. The number of para-hydroxylation sites is 1. The molecule has 0 spiro atoms. The van der Waals surface area contributed by atoms with Gasteiger partial charge in [-0.05, 0) is 60.9 Å². The average molecular weight is 539 g/mol. The van der Waals surface area contributed by atoms with Crippen LogP contribution in [0.5, 0.6) is 11.5 Å². The molecule has 2 aromatic carbocycles. The van der Waals surface area contributed by atoms with Crippen molar-refractivity contribution >= 4 is 42.6 Å². The lowest BCUT2D eigenvalue weighted by Gasteiger charge is -2.28. The van der Waals surface area contributed by atoms with Gasteiger partial charge in [0.2, 0.25) is 15.9 Å². The number of aromatic nitrogens is 2. The number of pyridine rings is 1. The highest BCUT2D eigenvalue weighted by molar-refractivity contribution is 7.89. The third kappa shape index (κ3) is 4.89. The van der Waals surface area contributed by atoms with Crippen molar-refractivity contribution in [3.63, 3.8) is 0 Å². The van der Waals surface area contributed by atoms with E-state index >= 15 is 0 Å². The zero-order chi connectivity index (χ0) is 26.0. The normalized spacial score (nSPS) is 16.1. The van der Waals surface area contributed by atoms with Gasteiger partial charge in [0.25, 0.3) is 0 Å². The minimum absolute atomic E-state index is 0.122. The molecule has 0 bridgehead atoms. The number of hydrogen-bond acceptors (Lipinski definition) is 8. The van der Waals surface area contributed by atoms with Crippen molar-refractivity contribution in [3.05, 3.63) is 72.6 Å². The summed E-state index contributed by atoms with van der Waals surface area (Å²) in [7, 11) is -0.804. The summed E-state index contributed by atoms with van der Waals surface area (Å²) in [6.45, 7) is 0.473. The first-order chi connectivity index (χ1) is 17.9. The number of methoxy groups -OCH3 is 2. The van der Waals surface area contributed by atoms with Crippen molar-refractivity contribution in [1.29, 1.82) is 0 Å². The third-order valence-corrected chi connectivity index (χ3v) is 9.27. The zero-order valence-electron chi connectivity index (χ0n) is 20.4. The van der Waals surface area contributed by atoms with Gasteiger partial charge in [-0.2, -0.15) is 4.31 Å². The van der Waals surface area contributed by atoms with Gasteiger partial charge in [-0.15, -0.1) is 0 Å². The summed E-state index contributed by atoms with van der Waals surface area (Å²) in [4.78, 5) is 24.7. The van der Waals surface area contributed by atoms with Gasteiger partial charge in [0, 0.05) is 18.9 Å². The molecule has 1 atom stereocenters. The van der Waals surface area contributed by atoms with Gasteiger partial charge < -0.3 is 9.47 Å². The molecular weight excluding hydrogens is 512 g/mol. The van der Waals surface area contributed by atoms with Crippen molar-refractivity contribution in [1.82, 2.24) is 14.3 Å². The highest BCUT2D eigenvalue weighted by Gasteiger charge is 2.42. The first-order valence-corrected chi connectivity index (χ1v) is 14.0. The lowest BCUT2D eigenvalue weighted by molar-refractivity contribution is -0.121. The van der Waals surface area contributed by atoms with Crippen molar-refractivity contribution in [2.24, 2.45) is 0 Å². The lowest BCUT2D eigenvalue weighted by Crippen LogP contribution is -2.47. The number of ether oxygens (including phenoxy) is 2. The average Bonchev–Trinajstić information content (AvgIpc) is 3.60. The van der Waals surface area contributed by atoms with Crippen molar-refractivity contribution in [2.45, 2.75) is 30.3 Å². The van der Waals surface area contributed by atoms with Gasteiger partial charge in [0.15, 0.2) is 5.13 Å². The number of amides is 1. The Kier molecular flexibility index (Phi) is 7.09. The Bertz CT molecular complexity index is 1510. The number of carbonyl (C=O) groups excluding carboxylic acids is 1. The SMILES string of the molecule is COc1ccc(S(=O)(=O)N2CCCC2C(=O)N(Cc2cccnc2)c2nc3c(OC)cccc3s2)cc1. The van der Waals surface area contributed by atoms with Crippen LogP contribution in [0.25, 0.3) is 10.2 Å². The van der Waals surface area contributed by atoms with Crippen LogP contribution in [0.2, 0.25) is 0 Å². The molecule has 192 valence electrons. The predicted octanol–water partition coefficient (Wildman–Crippen LogP) is 4.10. The number of rotatable bonds is 8. The van der Waals surface area contributed by atoms with Crippen molar-refractivity contribution < 1.29 is 22.7 Å². The predicted molar refractivity (Wildman–Crippen MR) is 142 cm³/mol. The molecule has 1 aliphatic rings. The highest BCUT2D eigenvalue weighted by Crippen LogP contribution is 2.36. The fourth-order valence-corrected chi connectivity index (χ4v) is 7.08. The van der Waals surface area contributed by atoms with Gasteiger partial charge in [-0.1, -0.05) is 23.5 Å². The summed E-state index contributed by atoms with van der Waals surface area (Å²) >= 11 is 1.36. The van der Waals surface area contributed by atoms with Gasteiger partial charge in [-0.3, -0.25) is 14.7 Å². The Hall–Kier alpha value is -3.54. The Morgan fingerprint density at radius 3 is 2.62 bits per heavy atom. The van der Waals surface area contributed by atoms with Crippen LogP contribution >= 0.6 is 11.3 Å². The monoisotopic (exact) mass is 538 g/mol. The van der Waals surface area contributed by atoms with Crippen LogP contribution in [0.1, 0.15) is 18.4 Å². The van der Waals surface area contributed by atoms with E-state index in [-0.39, 0.29) is 23.9 Å². The number of fused-ring (bicyclic) bond motifs is 1. The van der Waals surface area contributed by atoms with E-state index in [0.29, 0.717) is 35.0 Å². The summed E-state index contributed by atoms with van der Waals surface area (Å²) < 4.78 is 39.9. The van der Waals surface area contributed by atoms with E-state index in [1.54, 1.807) is 42.6 Å². The molecule has 1 amide bonds. The maximum atomic E-state index is 14.1. The quantitative estimate of drug-likeness (QED) is 0.333. The molecule has 0 radical (unpaired) electrons. The van der Waals surface area contributed by atoms with Crippen LogP contribution in [0.3, 0.4) is 0 Å². The first kappa shape index (κ1) is 25.1. The summed E-state index contributed by atoms with van der Waals surface area (Å²) in [5.41, 5.74) is 1.47. The Morgan fingerprint density at radius 1 is 1.11 bits per heavy atom. The summed E-state index contributed by atoms with van der Waals surface area (Å²) in [5, 5.41) is 0.474. The molecule has 1 aliphatic heterocycles. The summed E-state index contributed by atoms with van der Waals surface area (Å²) in [6, 6.07) is 14.6. The molecule has 0 saturated carbocycles. The fourth-order valence-electron chi connectivity index (χ4n) is 4.44. The Balaban J connectivity index is 1.52.